The molecule has 1 aromatic heterocycles. The number of halogens is 4. The van der Waals surface area contributed by atoms with Crippen molar-refractivity contribution in [2.45, 2.75) is 56.8 Å². The summed E-state index contributed by atoms with van der Waals surface area (Å²) >= 11 is 4.76. The number of hydrogen-bond donors (Lipinski definition) is 4. The van der Waals surface area contributed by atoms with Gasteiger partial charge in [0.05, 0.1) is 30.6 Å². The molecule has 0 aliphatic carbocycles. The SMILES string of the molecule is CC.COc1cc(SC)ccc1NCC#Cc1cc2c(NC3CCNCC3)cccc2n1CC(F)(F)F.OCCCBr. The Balaban J connectivity index is 0.000000797. The Bertz CT molecular complexity index is 1280. The predicted molar refractivity (Wildman–Crippen MR) is 174 cm³/mol. The fourth-order valence-electron chi connectivity index (χ4n) is 4.33. The van der Waals surface area contributed by atoms with Crippen molar-refractivity contribution in [3.63, 3.8) is 0 Å². The van der Waals surface area contributed by atoms with Gasteiger partial charge in [-0.2, -0.15) is 13.2 Å². The van der Waals surface area contributed by atoms with Gasteiger partial charge in [0.1, 0.15) is 12.3 Å². The van der Waals surface area contributed by atoms with Crippen molar-refractivity contribution < 1.29 is 23.0 Å². The number of aliphatic hydroxyl groups excluding tert-OH is 1. The van der Waals surface area contributed by atoms with Crippen LogP contribution in [0, 0.1) is 11.8 Å². The molecule has 1 saturated heterocycles. The van der Waals surface area contributed by atoms with Gasteiger partial charge in [0, 0.05) is 33.9 Å². The smallest absolute Gasteiger partial charge is 0.406 e. The first-order chi connectivity index (χ1) is 20.3. The van der Waals surface area contributed by atoms with Gasteiger partial charge in [-0.05, 0) is 80.9 Å². The summed E-state index contributed by atoms with van der Waals surface area (Å²) in [6, 6.07) is 13.3. The average Bonchev–Trinajstić information content (AvgIpc) is 3.34. The van der Waals surface area contributed by atoms with Crippen LogP contribution in [0.2, 0.25) is 0 Å². The number of methoxy groups -OCH3 is 1. The highest BCUT2D eigenvalue weighted by Gasteiger charge is 2.30. The van der Waals surface area contributed by atoms with Gasteiger partial charge in [-0.25, -0.2) is 0 Å². The molecular formula is C31H42BrF3N4O2S. The molecule has 0 spiro atoms. The molecule has 4 rings (SSSR count). The summed E-state index contributed by atoms with van der Waals surface area (Å²) in [6.45, 7) is 5.33. The number of hydrogen-bond acceptors (Lipinski definition) is 6. The van der Waals surface area contributed by atoms with Crippen LogP contribution in [-0.4, -0.2) is 66.8 Å². The van der Waals surface area contributed by atoms with Crippen LogP contribution in [-0.2, 0) is 6.54 Å². The van der Waals surface area contributed by atoms with E-state index < -0.39 is 12.7 Å². The number of piperidine rings is 1. The zero-order valence-electron chi connectivity index (χ0n) is 24.7. The fraction of sp³-hybridized carbons (Fsp3) is 0.484. The van der Waals surface area contributed by atoms with Crippen molar-refractivity contribution in [2.24, 2.45) is 0 Å². The zero-order valence-corrected chi connectivity index (χ0v) is 27.1. The second-order valence-electron chi connectivity index (χ2n) is 9.13. The molecule has 6 nitrogen and oxygen atoms in total. The first kappa shape index (κ1) is 35.7. The second kappa shape index (κ2) is 18.9. The molecule has 0 saturated carbocycles. The van der Waals surface area contributed by atoms with Crippen molar-refractivity contribution >= 4 is 50.0 Å². The minimum absolute atomic E-state index is 0.267. The van der Waals surface area contributed by atoms with Crippen molar-refractivity contribution in [2.75, 3.05) is 55.6 Å². The summed E-state index contributed by atoms with van der Waals surface area (Å²) in [4.78, 5) is 1.07. The Morgan fingerprint density at radius 3 is 2.48 bits per heavy atom. The summed E-state index contributed by atoms with van der Waals surface area (Å²) in [7, 11) is 1.60. The number of aromatic nitrogens is 1. The molecule has 1 aliphatic heterocycles. The summed E-state index contributed by atoms with van der Waals surface area (Å²) < 4.78 is 47.0. The van der Waals surface area contributed by atoms with Crippen LogP contribution >= 0.6 is 27.7 Å². The number of aliphatic hydroxyl groups is 1. The lowest BCUT2D eigenvalue weighted by molar-refractivity contribution is -0.140. The number of ether oxygens (including phenoxy) is 1. The van der Waals surface area contributed by atoms with E-state index in [0.717, 1.165) is 59.3 Å². The molecule has 4 N–H and O–H groups in total. The van der Waals surface area contributed by atoms with E-state index in [2.05, 4.69) is 43.7 Å². The minimum atomic E-state index is -4.36. The van der Waals surface area contributed by atoms with Crippen molar-refractivity contribution in [1.82, 2.24) is 9.88 Å². The Kier molecular flexibility index (Phi) is 16.1. The molecular weight excluding hydrogens is 629 g/mol. The van der Waals surface area contributed by atoms with Gasteiger partial charge >= 0.3 is 6.18 Å². The van der Waals surface area contributed by atoms with Crippen LogP contribution in [0.5, 0.6) is 5.75 Å². The van der Waals surface area contributed by atoms with E-state index in [9.17, 15) is 13.2 Å². The number of nitrogens with zero attached hydrogens (tertiary/aromatic N) is 1. The molecule has 0 bridgehead atoms. The number of alkyl halides is 4. The lowest BCUT2D eigenvalue weighted by Gasteiger charge is -2.25. The van der Waals surface area contributed by atoms with Gasteiger partial charge in [-0.15, -0.1) is 11.8 Å². The molecule has 1 aliphatic rings. The van der Waals surface area contributed by atoms with E-state index >= 15 is 0 Å². The van der Waals surface area contributed by atoms with Gasteiger partial charge in [0.15, 0.2) is 0 Å². The Labute approximate surface area is 260 Å². The number of anilines is 2. The van der Waals surface area contributed by atoms with Crippen molar-refractivity contribution in [3.05, 3.63) is 48.2 Å². The highest BCUT2D eigenvalue weighted by molar-refractivity contribution is 9.09. The monoisotopic (exact) mass is 670 g/mol. The molecule has 0 atom stereocenters. The summed E-state index contributed by atoms with van der Waals surface area (Å²) in [5.41, 5.74) is 2.48. The van der Waals surface area contributed by atoms with E-state index in [1.165, 1.54) is 4.57 Å². The summed E-state index contributed by atoms with van der Waals surface area (Å²) in [5.74, 6) is 6.63. The molecule has 0 unspecified atom stereocenters. The number of fused-ring (bicyclic) bond motifs is 1. The zero-order chi connectivity index (χ0) is 31.0. The van der Waals surface area contributed by atoms with Gasteiger partial charge in [-0.1, -0.05) is 41.8 Å². The minimum Gasteiger partial charge on any atom is -0.495 e. The van der Waals surface area contributed by atoms with E-state index in [4.69, 9.17) is 9.84 Å². The van der Waals surface area contributed by atoms with Gasteiger partial charge in [-0.3, -0.25) is 0 Å². The Morgan fingerprint density at radius 1 is 1.14 bits per heavy atom. The van der Waals surface area contributed by atoms with E-state index in [0.29, 0.717) is 29.6 Å². The van der Waals surface area contributed by atoms with E-state index in [1.807, 2.05) is 44.4 Å². The third kappa shape index (κ3) is 11.3. The molecule has 42 heavy (non-hydrogen) atoms. The second-order valence-corrected chi connectivity index (χ2v) is 10.8. The first-order valence-corrected chi connectivity index (χ1v) is 16.4. The normalized spacial score (nSPS) is 13.2. The Hall–Kier alpha value is -2.52. The van der Waals surface area contributed by atoms with E-state index in [1.54, 1.807) is 37.1 Å². The molecule has 0 radical (unpaired) electrons. The number of benzene rings is 2. The number of thioether (sulfide) groups is 1. The van der Waals surface area contributed by atoms with Crippen LogP contribution < -0.4 is 20.7 Å². The highest BCUT2D eigenvalue weighted by atomic mass is 79.9. The molecule has 3 aromatic rings. The maximum absolute atomic E-state index is 13.4. The van der Waals surface area contributed by atoms with Crippen LogP contribution in [0.3, 0.4) is 0 Å². The van der Waals surface area contributed by atoms with Crippen molar-refractivity contribution in [1.29, 1.82) is 0 Å². The third-order valence-electron chi connectivity index (χ3n) is 6.27. The fourth-order valence-corrected chi connectivity index (χ4v) is 5.01. The summed E-state index contributed by atoms with van der Waals surface area (Å²) in [5, 5.41) is 19.7. The largest absolute Gasteiger partial charge is 0.495 e. The maximum atomic E-state index is 13.4. The topological polar surface area (TPSA) is 70.5 Å². The number of rotatable bonds is 9. The third-order valence-corrected chi connectivity index (χ3v) is 7.55. The molecule has 11 heteroatoms. The van der Waals surface area contributed by atoms with Crippen molar-refractivity contribution in [3.8, 4) is 17.6 Å². The van der Waals surface area contributed by atoms with Crippen LogP contribution in [0.1, 0.15) is 38.8 Å². The first-order valence-electron chi connectivity index (χ1n) is 14.1. The van der Waals surface area contributed by atoms with Gasteiger partial charge in [0.2, 0.25) is 0 Å². The highest BCUT2D eigenvalue weighted by Crippen LogP contribution is 2.31. The summed E-state index contributed by atoms with van der Waals surface area (Å²) in [6.07, 6.45) is 0.435. The van der Waals surface area contributed by atoms with Crippen LogP contribution in [0.15, 0.2) is 47.4 Å². The molecule has 2 aromatic carbocycles. The molecule has 2 heterocycles. The number of nitrogens with one attached hydrogen (secondary N) is 3. The molecule has 0 amide bonds. The quantitative estimate of drug-likeness (QED) is 0.108. The standard InChI is InChI=1S/C26H29F3N4OS.C3H7BrO.C2H6/c1-34-25-16-20(35-2)8-9-23(25)31-12-4-5-19-15-21-22(32-18-10-13-30-14-11-18)6-3-7-24(21)33(19)17-26(27,28)29;4-2-1-3-5;1-2/h3,6-9,15-16,18,30-32H,10-14,17H2,1-2H3;5H,1-3H2;1-2H3. The maximum Gasteiger partial charge on any atom is 0.406 e. The molecule has 1 fully saturated rings. The van der Waals surface area contributed by atoms with E-state index in [-0.39, 0.29) is 6.54 Å². The average molecular weight is 672 g/mol. The van der Waals surface area contributed by atoms with Crippen LogP contribution in [0.4, 0.5) is 24.5 Å². The molecule has 232 valence electrons. The van der Waals surface area contributed by atoms with Gasteiger partial charge < -0.3 is 30.4 Å². The lowest BCUT2D eigenvalue weighted by Crippen LogP contribution is -2.35. The van der Waals surface area contributed by atoms with Crippen LogP contribution in [0.25, 0.3) is 10.9 Å². The predicted octanol–water partition coefficient (Wildman–Crippen LogP) is 7.35. The van der Waals surface area contributed by atoms with Gasteiger partial charge in [0.25, 0.3) is 0 Å². The lowest BCUT2D eigenvalue weighted by atomic mass is 10.1. The Morgan fingerprint density at radius 2 is 1.88 bits per heavy atom.